The number of aromatic nitrogens is 1. The summed E-state index contributed by atoms with van der Waals surface area (Å²) in [5.74, 6) is 0.591. The van der Waals surface area contributed by atoms with Crippen LogP contribution in [-0.2, 0) is 13.2 Å². The first-order chi connectivity index (χ1) is 18.1. The highest BCUT2D eigenvalue weighted by atomic mass is 19.1. The molecule has 5 rings (SSSR count). The van der Waals surface area contributed by atoms with Crippen LogP contribution < -0.4 is 14.8 Å². The van der Waals surface area contributed by atoms with Crippen LogP contribution in [0.2, 0.25) is 0 Å². The van der Waals surface area contributed by atoms with Gasteiger partial charge in [0.2, 0.25) is 11.8 Å². The molecular weight excluding hydrogens is 465 g/mol. The second-order valence-electron chi connectivity index (χ2n) is 9.11. The molecule has 188 valence electrons. The number of rotatable bonds is 9. The quantitative estimate of drug-likeness (QED) is 0.275. The van der Waals surface area contributed by atoms with Crippen molar-refractivity contribution in [1.29, 1.82) is 0 Å². The molecule has 0 saturated carbocycles. The Morgan fingerprint density at radius 1 is 0.865 bits per heavy atom. The van der Waals surface area contributed by atoms with Crippen molar-refractivity contribution >= 4 is 16.9 Å². The molecule has 4 aromatic rings. The molecule has 5 nitrogen and oxygen atoms in total. The lowest BCUT2D eigenvalue weighted by atomic mass is 9.99. The van der Waals surface area contributed by atoms with Crippen molar-refractivity contribution in [2.75, 3.05) is 25.5 Å². The number of ether oxygens (including phenoxy) is 2. The van der Waals surface area contributed by atoms with Crippen LogP contribution in [0.1, 0.15) is 23.1 Å². The molecule has 0 aliphatic carbocycles. The maximum absolute atomic E-state index is 15.1. The topological polar surface area (TPSA) is 46.6 Å². The summed E-state index contributed by atoms with van der Waals surface area (Å²) < 4.78 is 27.1. The maximum Gasteiger partial charge on any atom is 0.241 e. The zero-order valence-corrected chi connectivity index (χ0v) is 20.9. The van der Waals surface area contributed by atoms with Gasteiger partial charge < -0.3 is 19.7 Å². The molecule has 1 aromatic heterocycles. The number of nitrogens with zero attached hydrogens (tertiary/aromatic N) is 2. The summed E-state index contributed by atoms with van der Waals surface area (Å²) in [6, 6.07) is 28.7. The molecule has 1 N–H and O–H groups in total. The monoisotopic (exact) mass is 495 g/mol. The van der Waals surface area contributed by atoms with E-state index >= 15 is 4.39 Å². The van der Waals surface area contributed by atoms with E-state index in [9.17, 15) is 0 Å². The molecule has 0 radical (unpaired) electrons. The third-order valence-corrected chi connectivity index (χ3v) is 6.29. The van der Waals surface area contributed by atoms with E-state index in [1.807, 2.05) is 78.9 Å². The van der Waals surface area contributed by atoms with Crippen LogP contribution in [-0.4, -0.2) is 30.0 Å². The second-order valence-corrected chi connectivity index (χ2v) is 9.11. The van der Waals surface area contributed by atoms with Gasteiger partial charge in [-0.05, 0) is 54.4 Å². The molecule has 0 unspecified atom stereocenters. The third-order valence-electron chi connectivity index (χ3n) is 6.29. The molecule has 0 fully saturated rings. The van der Waals surface area contributed by atoms with Crippen molar-refractivity contribution in [2.24, 2.45) is 0 Å². The Hall–Kier alpha value is -4.16. The number of nitrogens with one attached hydrogen (secondary N) is 1. The van der Waals surface area contributed by atoms with E-state index in [2.05, 4.69) is 28.3 Å². The lowest BCUT2D eigenvalue weighted by molar-refractivity contribution is 0.269. The minimum atomic E-state index is -0.247. The zero-order valence-electron chi connectivity index (χ0n) is 20.9. The Bertz CT molecular complexity index is 1360. The van der Waals surface area contributed by atoms with Crippen LogP contribution in [0.15, 0.2) is 97.1 Å². The number of anilines is 2. The summed E-state index contributed by atoms with van der Waals surface area (Å²) in [4.78, 5) is 6.82. The number of hydrogen-bond donors (Lipinski definition) is 1. The molecule has 0 spiro atoms. The molecule has 0 atom stereocenters. The van der Waals surface area contributed by atoms with Crippen LogP contribution in [0.4, 0.5) is 15.8 Å². The molecule has 1 aliphatic rings. The summed E-state index contributed by atoms with van der Waals surface area (Å²) in [5, 5.41) is 3.28. The van der Waals surface area contributed by atoms with Crippen molar-refractivity contribution in [2.45, 2.75) is 19.6 Å². The first-order valence-electron chi connectivity index (χ1n) is 12.4. The zero-order chi connectivity index (χ0) is 25.5. The van der Waals surface area contributed by atoms with Gasteiger partial charge in [0.1, 0.15) is 24.7 Å². The van der Waals surface area contributed by atoms with E-state index in [1.54, 1.807) is 6.07 Å². The van der Waals surface area contributed by atoms with Gasteiger partial charge in [0.25, 0.3) is 0 Å². The Kier molecular flexibility index (Phi) is 7.77. The number of benzene rings is 3. The number of halogens is 1. The van der Waals surface area contributed by atoms with E-state index in [0.717, 1.165) is 36.2 Å². The Morgan fingerprint density at radius 3 is 2.22 bits per heavy atom. The van der Waals surface area contributed by atoms with Crippen LogP contribution in [0.5, 0.6) is 11.8 Å². The first kappa shape index (κ1) is 24.5. The molecule has 0 bridgehead atoms. The molecule has 1 aliphatic heterocycles. The lowest BCUT2D eigenvalue weighted by Crippen LogP contribution is -2.23. The number of hydrogen-bond acceptors (Lipinski definition) is 5. The van der Waals surface area contributed by atoms with Crippen LogP contribution in [0.3, 0.4) is 0 Å². The number of pyridine rings is 1. The van der Waals surface area contributed by atoms with E-state index < -0.39 is 0 Å². The van der Waals surface area contributed by atoms with Gasteiger partial charge in [-0.2, -0.15) is 4.98 Å². The summed E-state index contributed by atoms with van der Waals surface area (Å²) in [5.41, 5.74) is 5.03. The van der Waals surface area contributed by atoms with E-state index in [4.69, 9.17) is 9.47 Å². The first-order valence-corrected chi connectivity index (χ1v) is 12.4. The minimum Gasteiger partial charge on any atom is -0.473 e. The minimum absolute atomic E-state index is 0.247. The summed E-state index contributed by atoms with van der Waals surface area (Å²) in [7, 11) is 2.07. The average Bonchev–Trinajstić information content (AvgIpc) is 2.93. The summed E-state index contributed by atoms with van der Waals surface area (Å²) in [6.07, 6.45) is 2.94. The van der Waals surface area contributed by atoms with Gasteiger partial charge in [0.05, 0.1) is 0 Å². The van der Waals surface area contributed by atoms with E-state index in [-0.39, 0.29) is 5.82 Å². The third kappa shape index (κ3) is 6.54. The predicted octanol–water partition coefficient (Wildman–Crippen LogP) is 6.84. The molecule has 3 aromatic carbocycles. The second kappa shape index (κ2) is 11.7. The largest absolute Gasteiger partial charge is 0.473 e. The molecule has 0 saturated heterocycles. The van der Waals surface area contributed by atoms with Gasteiger partial charge in [0.15, 0.2) is 0 Å². The van der Waals surface area contributed by atoms with Crippen LogP contribution in [0, 0.1) is 5.82 Å². The average molecular weight is 496 g/mol. The lowest BCUT2D eigenvalue weighted by Gasteiger charge is -2.22. The highest BCUT2D eigenvalue weighted by Crippen LogP contribution is 2.32. The van der Waals surface area contributed by atoms with Crippen LogP contribution >= 0.6 is 0 Å². The summed E-state index contributed by atoms with van der Waals surface area (Å²) >= 11 is 0. The van der Waals surface area contributed by atoms with Crippen molar-refractivity contribution < 1.29 is 13.9 Å². The molecule has 37 heavy (non-hydrogen) atoms. The summed E-state index contributed by atoms with van der Waals surface area (Å²) in [6.45, 7) is 2.51. The fraction of sp³-hybridized carbons (Fsp3) is 0.194. The highest BCUT2D eigenvalue weighted by molar-refractivity contribution is 5.71. The standard InChI is InChI=1S/C31H30FN3O2/c1-35-18-16-25(17-19-35)27-13-12-26(20-28(27)32)33-29-14-15-30(36-21-23-8-4-2-5-9-23)34-31(29)37-22-24-10-6-3-7-11-24/h2-16,20,33H,17-19,21-22H2,1H3. The fourth-order valence-corrected chi connectivity index (χ4v) is 4.19. The molecule has 0 amide bonds. The van der Waals surface area contributed by atoms with Crippen molar-refractivity contribution in [3.63, 3.8) is 0 Å². The molecule has 6 heteroatoms. The smallest absolute Gasteiger partial charge is 0.241 e. The van der Waals surface area contributed by atoms with Crippen LogP contribution in [0.25, 0.3) is 5.57 Å². The Labute approximate surface area is 217 Å². The normalized spacial score (nSPS) is 13.6. The Balaban J connectivity index is 1.35. The SMILES string of the molecule is CN1CC=C(c2ccc(Nc3ccc(OCc4ccccc4)nc3OCc3ccccc3)cc2F)CC1. The van der Waals surface area contributed by atoms with Gasteiger partial charge in [-0.3, -0.25) is 0 Å². The molecule has 2 heterocycles. The predicted molar refractivity (Wildman–Crippen MR) is 146 cm³/mol. The van der Waals surface area contributed by atoms with E-state index in [1.165, 1.54) is 6.07 Å². The fourth-order valence-electron chi connectivity index (χ4n) is 4.19. The highest BCUT2D eigenvalue weighted by Gasteiger charge is 2.15. The van der Waals surface area contributed by atoms with Gasteiger partial charge in [0, 0.05) is 30.4 Å². The van der Waals surface area contributed by atoms with Gasteiger partial charge >= 0.3 is 0 Å². The molecular formula is C31H30FN3O2. The van der Waals surface area contributed by atoms with Crippen molar-refractivity contribution in [3.8, 4) is 11.8 Å². The number of likely N-dealkylation sites (N-methyl/N-ethyl adjacent to an activating group) is 1. The van der Waals surface area contributed by atoms with Crippen molar-refractivity contribution in [3.05, 3.63) is 120 Å². The van der Waals surface area contributed by atoms with Crippen molar-refractivity contribution in [1.82, 2.24) is 9.88 Å². The van der Waals surface area contributed by atoms with Gasteiger partial charge in [-0.15, -0.1) is 0 Å². The van der Waals surface area contributed by atoms with Gasteiger partial charge in [-0.1, -0.05) is 66.7 Å². The maximum atomic E-state index is 15.1. The van der Waals surface area contributed by atoms with Gasteiger partial charge in [-0.25, -0.2) is 4.39 Å². The Morgan fingerprint density at radius 2 is 1.57 bits per heavy atom. The van der Waals surface area contributed by atoms with E-state index in [0.29, 0.717) is 41.9 Å².